The topological polar surface area (TPSA) is 12.0 Å². The van der Waals surface area contributed by atoms with Gasteiger partial charge in [-0.25, -0.2) is 0 Å². The molecule has 0 aliphatic carbocycles. The Morgan fingerprint density at radius 2 is 1.92 bits per heavy atom. The van der Waals surface area contributed by atoms with Gasteiger partial charge in [-0.1, -0.05) is 29.3 Å². The molecule has 1 N–H and O–H groups in total. The Morgan fingerprint density at radius 1 is 1.23 bits per heavy atom. The quantitative estimate of drug-likeness (QED) is 0.790. The van der Waals surface area contributed by atoms with Gasteiger partial charge >= 0.3 is 0 Å². The molecule has 1 nitrogen and oxygen atoms in total. The fourth-order valence-electron chi connectivity index (χ4n) is 1.30. The second kappa shape index (κ2) is 4.52. The zero-order valence-corrected chi connectivity index (χ0v) is 9.22. The highest BCUT2D eigenvalue weighted by Crippen LogP contribution is 2.29. The van der Waals surface area contributed by atoms with E-state index in [-0.39, 0.29) is 12.4 Å². The van der Waals surface area contributed by atoms with E-state index < -0.39 is 0 Å². The summed E-state index contributed by atoms with van der Waals surface area (Å²) in [5.74, 6) is 0. The summed E-state index contributed by atoms with van der Waals surface area (Å²) < 4.78 is 0. The monoisotopic (exact) mass is 237 g/mol. The van der Waals surface area contributed by atoms with Crippen molar-refractivity contribution in [1.82, 2.24) is 5.32 Å². The highest BCUT2D eigenvalue weighted by atomic mass is 35.5. The molecule has 13 heavy (non-hydrogen) atoms. The van der Waals surface area contributed by atoms with E-state index in [1.54, 1.807) is 0 Å². The van der Waals surface area contributed by atoms with Crippen LogP contribution >= 0.6 is 35.6 Å². The van der Waals surface area contributed by atoms with Crippen molar-refractivity contribution in [2.24, 2.45) is 0 Å². The number of halogens is 3. The van der Waals surface area contributed by atoms with Gasteiger partial charge < -0.3 is 5.32 Å². The van der Waals surface area contributed by atoms with Crippen LogP contribution in [0.5, 0.6) is 0 Å². The van der Waals surface area contributed by atoms with E-state index in [0.717, 1.165) is 6.54 Å². The molecule has 1 unspecified atom stereocenters. The average Bonchev–Trinajstić information content (AvgIpc) is 1.93. The lowest BCUT2D eigenvalue weighted by atomic mass is 9.98. The summed E-state index contributed by atoms with van der Waals surface area (Å²) in [7, 11) is 0. The summed E-state index contributed by atoms with van der Waals surface area (Å²) in [5, 5.41) is 4.57. The van der Waals surface area contributed by atoms with Gasteiger partial charge in [0, 0.05) is 6.04 Å². The lowest BCUT2D eigenvalue weighted by Gasteiger charge is -2.28. The predicted octanol–water partition coefficient (Wildman–Crippen LogP) is 3.45. The van der Waals surface area contributed by atoms with Crippen LogP contribution in [0.4, 0.5) is 0 Å². The molecule has 0 amide bonds. The van der Waals surface area contributed by atoms with Crippen LogP contribution in [0.25, 0.3) is 0 Å². The standard InChI is InChI=1S/C9H9Cl2N.ClH/c10-7-2-1-6(5-8(7)11)9-3-4-12-9;/h1-2,5,9,12H,3-4H2;1H. The van der Waals surface area contributed by atoms with Crippen LogP contribution in [-0.4, -0.2) is 6.54 Å². The SMILES string of the molecule is Cl.Clc1ccc(C2CCN2)cc1Cl. The molecule has 0 saturated carbocycles. The van der Waals surface area contributed by atoms with Crippen molar-refractivity contribution in [3.05, 3.63) is 33.8 Å². The van der Waals surface area contributed by atoms with E-state index in [1.165, 1.54) is 12.0 Å². The minimum Gasteiger partial charge on any atom is -0.310 e. The summed E-state index contributed by atoms with van der Waals surface area (Å²) in [5.41, 5.74) is 1.23. The van der Waals surface area contributed by atoms with Crippen LogP contribution < -0.4 is 5.32 Å². The van der Waals surface area contributed by atoms with Gasteiger partial charge in [0.2, 0.25) is 0 Å². The maximum atomic E-state index is 5.88. The van der Waals surface area contributed by atoms with Gasteiger partial charge in [0.1, 0.15) is 0 Å². The highest BCUT2D eigenvalue weighted by molar-refractivity contribution is 6.42. The number of hydrogen-bond acceptors (Lipinski definition) is 1. The van der Waals surface area contributed by atoms with Crippen molar-refractivity contribution >= 4 is 35.6 Å². The Labute approximate surface area is 93.8 Å². The van der Waals surface area contributed by atoms with Crippen LogP contribution in [0.2, 0.25) is 10.0 Å². The first kappa shape index (κ1) is 11.1. The molecule has 1 saturated heterocycles. The summed E-state index contributed by atoms with van der Waals surface area (Å²) in [4.78, 5) is 0. The fraction of sp³-hybridized carbons (Fsp3) is 0.333. The molecule has 1 aromatic carbocycles. The Bertz CT molecular complexity index is 297. The third-order valence-electron chi connectivity index (χ3n) is 2.17. The smallest absolute Gasteiger partial charge is 0.0595 e. The molecular weight excluding hydrogens is 228 g/mol. The van der Waals surface area contributed by atoms with Crippen LogP contribution in [0.15, 0.2) is 18.2 Å². The first-order chi connectivity index (χ1) is 5.77. The molecule has 0 radical (unpaired) electrons. The molecule has 1 fully saturated rings. The summed E-state index contributed by atoms with van der Waals surface area (Å²) in [6, 6.07) is 6.28. The van der Waals surface area contributed by atoms with E-state index in [2.05, 4.69) is 5.32 Å². The second-order valence-corrected chi connectivity index (χ2v) is 3.78. The third kappa shape index (κ3) is 2.29. The largest absolute Gasteiger partial charge is 0.310 e. The maximum Gasteiger partial charge on any atom is 0.0595 e. The third-order valence-corrected chi connectivity index (χ3v) is 2.91. The Morgan fingerprint density at radius 3 is 2.38 bits per heavy atom. The maximum absolute atomic E-state index is 5.88. The van der Waals surface area contributed by atoms with E-state index in [9.17, 15) is 0 Å². The van der Waals surface area contributed by atoms with Crippen molar-refractivity contribution in [2.45, 2.75) is 12.5 Å². The van der Waals surface area contributed by atoms with Crippen LogP contribution in [0.3, 0.4) is 0 Å². The molecule has 72 valence electrons. The van der Waals surface area contributed by atoms with Gasteiger partial charge in [0.15, 0.2) is 0 Å². The van der Waals surface area contributed by atoms with Crippen molar-refractivity contribution < 1.29 is 0 Å². The van der Waals surface area contributed by atoms with Gasteiger partial charge in [-0.05, 0) is 30.7 Å². The number of benzene rings is 1. The Kier molecular flexibility index (Phi) is 3.87. The van der Waals surface area contributed by atoms with E-state index in [4.69, 9.17) is 23.2 Å². The summed E-state index contributed by atoms with van der Waals surface area (Å²) in [6.45, 7) is 1.10. The van der Waals surface area contributed by atoms with Gasteiger partial charge in [-0.15, -0.1) is 12.4 Å². The van der Waals surface area contributed by atoms with E-state index in [0.29, 0.717) is 16.1 Å². The Hall–Kier alpha value is 0.0500. The predicted molar refractivity (Wildman–Crippen MR) is 59.1 cm³/mol. The molecule has 1 atom stereocenters. The number of rotatable bonds is 1. The molecule has 0 aromatic heterocycles. The van der Waals surface area contributed by atoms with E-state index >= 15 is 0 Å². The molecule has 1 aliphatic rings. The minimum atomic E-state index is 0. The first-order valence-corrected chi connectivity index (χ1v) is 4.71. The molecule has 1 aliphatic heterocycles. The zero-order chi connectivity index (χ0) is 8.55. The molecular formula is C9H10Cl3N. The van der Waals surface area contributed by atoms with Gasteiger partial charge in [0.05, 0.1) is 10.0 Å². The lowest BCUT2D eigenvalue weighted by molar-refractivity contribution is 0.383. The van der Waals surface area contributed by atoms with Crippen molar-refractivity contribution in [3.8, 4) is 0 Å². The molecule has 4 heteroatoms. The van der Waals surface area contributed by atoms with Crippen molar-refractivity contribution in [3.63, 3.8) is 0 Å². The average molecular weight is 239 g/mol. The molecule has 0 spiro atoms. The van der Waals surface area contributed by atoms with Crippen LogP contribution in [0.1, 0.15) is 18.0 Å². The molecule has 1 aromatic rings. The van der Waals surface area contributed by atoms with Gasteiger partial charge in [-0.2, -0.15) is 0 Å². The fourth-order valence-corrected chi connectivity index (χ4v) is 1.61. The van der Waals surface area contributed by atoms with Crippen LogP contribution in [-0.2, 0) is 0 Å². The van der Waals surface area contributed by atoms with E-state index in [1.807, 2.05) is 18.2 Å². The molecule has 1 heterocycles. The Balaban J connectivity index is 0.000000845. The lowest BCUT2D eigenvalue weighted by Crippen LogP contribution is -2.34. The zero-order valence-electron chi connectivity index (χ0n) is 6.89. The number of hydrogen-bond donors (Lipinski definition) is 1. The molecule has 0 bridgehead atoms. The van der Waals surface area contributed by atoms with Gasteiger partial charge in [0.25, 0.3) is 0 Å². The summed E-state index contributed by atoms with van der Waals surface area (Å²) >= 11 is 11.7. The number of nitrogens with one attached hydrogen (secondary N) is 1. The second-order valence-electron chi connectivity index (χ2n) is 2.97. The highest BCUT2D eigenvalue weighted by Gasteiger charge is 2.18. The molecule has 2 rings (SSSR count). The van der Waals surface area contributed by atoms with Crippen molar-refractivity contribution in [1.29, 1.82) is 0 Å². The van der Waals surface area contributed by atoms with Gasteiger partial charge in [-0.3, -0.25) is 0 Å². The first-order valence-electron chi connectivity index (χ1n) is 3.96. The minimum absolute atomic E-state index is 0. The van der Waals surface area contributed by atoms with Crippen molar-refractivity contribution in [2.75, 3.05) is 6.54 Å². The summed E-state index contributed by atoms with van der Waals surface area (Å²) in [6.07, 6.45) is 1.19. The normalized spacial score (nSPS) is 20.3. The van der Waals surface area contributed by atoms with Crippen LogP contribution in [0, 0.1) is 0 Å².